The summed E-state index contributed by atoms with van der Waals surface area (Å²) in [6.45, 7) is 2.54. The van der Waals surface area contributed by atoms with E-state index in [4.69, 9.17) is 13.7 Å². The van der Waals surface area contributed by atoms with Gasteiger partial charge >= 0.3 is 10.1 Å². The lowest BCUT2D eigenvalue weighted by molar-refractivity contribution is 0.0680. The Morgan fingerprint density at radius 2 is 1.75 bits per heavy atom. The van der Waals surface area contributed by atoms with Crippen LogP contribution in [0, 0.1) is 0 Å². The normalized spacial score (nSPS) is 11.1. The van der Waals surface area contributed by atoms with Crippen molar-refractivity contribution < 1.29 is 26.9 Å². The minimum absolute atomic E-state index is 0.120. The summed E-state index contributed by atoms with van der Waals surface area (Å²) in [7, 11) is -0.502. The number of hydrogen-bond donors (Lipinski definition) is 0. The monoisotopic (exact) mass is 407 g/mol. The van der Waals surface area contributed by atoms with E-state index in [0.29, 0.717) is 24.5 Å². The fraction of sp³-hybridized carbons (Fsp3) is 0.350. The molecule has 0 spiro atoms. The van der Waals surface area contributed by atoms with E-state index in [2.05, 4.69) is 0 Å². The van der Waals surface area contributed by atoms with E-state index in [1.165, 1.54) is 6.92 Å². The number of methoxy groups -OCH3 is 2. The fourth-order valence-corrected chi connectivity index (χ4v) is 3.03. The van der Waals surface area contributed by atoms with Gasteiger partial charge in [-0.15, -0.1) is 0 Å². The first-order chi connectivity index (χ1) is 13.4. The second-order valence-corrected chi connectivity index (χ2v) is 7.89. The van der Waals surface area contributed by atoms with E-state index >= 15 is 0 Å². The van der Waals surface area contributed by atoms with Crippen molar-refractivity contribution in [3.8, 4) is 11.5 Å². The van der Waals surface area contributed by atoms with Crippen LogP contribution in [0.1, 0.15) is 22.8 Å². The lowest BCUT2D eigenvalue weighted by Gasteiger charge is -2.23. The largest absolute Gasteiger partial charge is 0.497 e. The van der Waals surface area contributed by atoms with Gasteiger partial charge in [-0.2, -0.15) is 8.42 Å². The van der Waals surface area contributed by atoms with Gasteiger partial charge in [0.25, 0.3) is 5.91 Å². The Balaban J connectivity index is 2.23. The van der Waals surface area contributed by atoms with Crippen LogP contribution in [0.4, 0.5) is 0 Å². The van der Waals surface area contributed by atoms with Crippen LogP contribution in [0.2, 0.25) is 0 Å². The average Bonchev–Trinajstić information content (AvgIpc) is 2.70. The zero-order chi connectivity index (χ0) is 20.6. The Labute approximate surface area is 166 Å². The predicted octanol–water partition coefficient (Wildman–Crippen LogP) is 2.71. The smallest absolute Gasteiger partial charge is 0.308 e. The summed E-state index contributed by atoms with van der Waals surface area (Å²) < 4.78 is 38.7. The van der Waals surface area contributed by atoms with Crippen molar-refractivity contribution >= 4 is 16.0 Å². The van der Waals surface area contributed by atoms with Gasteiger partial charge in [-0.3, -0.25) is 4.79 Å². The van der Waals surface area contributed by atoms with Crippen molar-refractivity contribution in [2.24, 2.45) is 0 Å². The molecule has 2 aromatic carbocycles. The number of rotatable bonds is 10. The number of nitrogens with zero attached hydrogens (tertiary/aromatic N) is 1. The molecule has 28 heavy (non-hydrogen) atoms. The first kappa shape index (κ1) is 21.7. The van der Waals surface area contributed by atoms with E-state index < -0.39 is 10.1 Å². The molecule has 0 saturated carbocycles. The molecule has 0 atom stereocenters. The van der Waals surface area contributed by atoms with Crippen LogP contribution in [-0.2, 0) is 21.4 Å². The van der Waals surface area contributed by atoms with Gasteiger partial charge in [0, 0.05) is 25.8 Å². The molecule has 0 radical (unpaired) electrons. The van der Waals surface area contributed by atoms with Gasteiger partial charge in [-0.05, 0) is 42.8 Å². The lowest BCUT2D eigenvalue weighted by atomic mass is 10.1. The van der Waals surface area contributed by atoms with E-state index in [0.717, 1.165) is 5.56 Å². The molecule has 0 aromatic heterocycles. The average molecular weight is 407 g/mol. The third-order valence-corrected chi connectivity index (χ3v) is 5.17. The maximum Gasteiger partial charge on any atom is 0.308 e. The first-order valence-corrected chi connectivity index (χ1v) is 10.4. The van der Waals surface area contributed by atoms with Gasteiger partial charge in [0.05, 0.1) is 19.5 Å². The number of hydrogen-bond acceptors (Lipinski definition) is 6. The minimum atomic E-state index is -3.61. The summed E-state index contributed by atoms with van der Waals surface area (Å²) in [5, 5.41) is 0. The second-order valence-electron chi connectivity index (χ2n) is 6.03. The standard InChI is InChI=1S/C20H25NO6S/c1-4-28(23,24)27-19-10-5-7-16(13-19)15-21(11-12-25-2)20(22)17-8-6-9-18(14-17)26-3/h5-10,13-14H,4,11-12,15H2,1-3H3. The van der Waals surface area contributed by atoms with Crippen LogP contribution in [0.3, 0.4) is 0 Å². The number of carbonyl (C=O) groups is 1. The van der Waals surface area contributed by atoms with Crippen LogP contribution in [-0.4, -0.2) is 52.3 Å². The van der Waals surface area contributed by atoms with Gasteiger partial charge in [-0.1, -0.05) is 18.2 Å². The third kappa shape index (κ3) is 6.24. The molecule has 0 N–H and O–H groups in total. The molecule has 1 amide bonds. The molecule has 0 unspecified atom stereocenters. The summed E-state index contributed by atoms with van der Waals surface area (Å²) in [5.41, 5.74) is 1.24. The van der Waals surface area contributed by atoms with Crippen LogP contribution in [0.5, 0.6) is 11.5 Å². The van der Waals surface area contributed by atoms with Gasteiger partial charge < -0.3 is 18.6 Å². The van der Waals surface area contributed by atoms with Crippen LogP contribution in [0.15, 0.2) is 48.5 Å². The molecule has 7 nitrogen and oxygen atoms in total. The Morgan fingerprint density at radius 3 is 2.43 bits per heavy atom. The molecule has 0 fully saturated rings. The Bertz CT molecular complexity index is 897. The predicted molar refractivity (Wildman–Crippen MR) is 106 cm³/mol. The number of carbonyl (C=O) groups excluding carboxylic acids is 1. The summed E-state index contributed by atoms with van der Waals surface area (Å²) in [4.78, 5) is 14.6. The SMILES string of the molecule is CCS(=O)(=O)Oc1cccc(CN(CCOC)C(=O)c2cccc(OC)c2)c1. The van der Waals surface area contributed by atoms with Crippen molar-refractivity contribution in [3.05, 3.63) is 59.7 Å². The first-order valence-electron chi connectivity index (χ1n) is 8.82. The molecular formula is C20H25NO6S. The lowest BCUT2D eigenvalue weighted by Crippen LogP contribution is -2.33. The molecule has 0 aliphatic carbocycles. The molecule has 152 valence electrons. The Hall–Kier alpha value is -2.58. The van der Waals surface area contributed by atoms with Crippen molar-refractivity contribution in [2.45, 2.75) is 13.5 Å². The van der Waals surface area contributed by atoms with Crippen molar-refractivity contribution in [2.75, 3.05) is 33.1 Å². The number of amides is 1. The summed E-state index contributed by atoms with van der Waals surface area (Å²) >= 11 is 0. The molecule has 2 rings (SSSR count). The van der Waals surface area contributed by atoms with Crippen LogP contribution < -0.4 is 8.92 Å². The molecule has 8 heteroatoms. The maximum atomic E-state index is 13.0. The highest BCUT2D eigenvalue weighted by Gasteiger charge is 2.17. The van der Waals surface area contributed by atoms with Crippen LogP contribution >= 0.6 is 0 Å². The van der Waals surface area contributed by atoms with Gasteiger partial charge in [0.15, 0.2) is 0 Å². The van der Waals surface area contributed by atoms with Gasteiger partial charge in [-0.25, -0.2) is 0 Å². The molecular weight excluding hydrogens is 382 g/mol. The van der Waals surface area contributed by atoms with E-state index in [1.807, 2.05) is 6.07 Å². The van der Waals surface area contributed by atoms with E-state index in [9.17, 15) is 13.2 Å². The molecule has 0 bridgehead atoms. The quantitative estimate of drug-likeness (QED) is 0.563. The summed E-state index contributed by atoms with van der Waals surface area (Å²) in [6, 6.07) is 13.6. The number of benzene rings is 2. The van der Waals surface area contributed by atoms with Crippen molar-refractivity contribution in [1.29, 1.82) is 0 Å². The highest BCUT2D eigenvalue weighted by molar-refractivity contribution is 7.87. The topological polar surface area (TPSA) is 82.1 Å². The molecule has 0 aliphatic rings. The van der Waals surface area contributed by atoms with Crippen molar-refractivity contribution in [1.82, 2.24) is 4.90 Å². The van der Waals surface area contributed by atoms with Crippen molar-refractivity contribution in [3.63, 3.8) is 0 Å². The van der Waals surface area contributed by atoms with Crippen LogP contribution in [0.25, 0.3) is 0 Å². The summed E-state index contributed by atoms with van der Waals surface area (Å²) in [6.07, 6.45) is 0. The molecule has 0 saturated heterocycles. The Kier molecular flexibility index (Phi) is 7.83. The van der Waals surface area contributed by atoms with Gasteiger partial charge in [0.2, 0.25) is 0 Å². The molecule has 0 heterocycles. The second kappa shape index (κ2) is 10.1. The zero-order valence-corrected chi connectivity index (χ0v) is 17.1. The maximum absolute atomic E-state index is 13.0. The zero-order valence-electron chi connectivity index (χ0n) is 16.3. The third-order valence-electron chi connectivity index (χ3n) is 4.02. The number of ether oxygens (including phenoxy) is 2. The summed E-state index contributed by atoms with van der Waals surface area (Å²) in [5.74, 6) is 0.520. The van der Waals surface area contributed by atoms with E-state index in [1.54, 1.807) is 61.6 Å². The van der Waals surface area contributed by atoms with E-state index in [-0.39, 0.29) is 24.0 Å². The van der Waals surface area contributed by atoms with Gasteiger partial charge in [0.1, 0.15) is 11.5 Å². The molecule has 0 aliphatic heterocycles. The fourth-order valence-electron chi connectivity index (χ4n) is 2.51. The highest BCUT2D eigenvalue weighted by atomic mass is 32.2. The Morgan fingerprint density at radius 1 is 1.04 bits per heavy atom. The highest BCUT2D eigenvalue weighted by Crippen LogP contribution is 2.19. The molecule has 2 aromatic rings. The minimum Gasteiger partial charge on any atom is -0.497 e.